The van der Waals surface area contributed by atoms with Gasteiger partial charge in [0.2, 0.25) is 0 Å². The number of benzene rings is 2. The van der Waals surface area contributed by atoms with E-state index in [-0.39, 0.29) is 19.1 Å². The highest BCUT2D eigenvalue weighted by molar-refractivity contribution is 6.26. The van der Waals surface area contributed by atoms with Crippen molar-refractivity contribution < 1.29 is 19.0 Å². The smallest absolute Gasteiger partial charge is 0.321 e. The molecule has 116 valence electrons. The average Bonchev–Trinajstić information content (AvgIpc) is 2.59. The lowest BCUT2D eigenvalue weighted by Gasteiger charge is -2.18. The van der Waals surface area contributed by atoms with E-state index in [1.165, 1.54) is 0 Å². The molecule has 0 radical (unpaired) electrons. The molecule has 0 aromatic heterocycles. The van der Waals surface area contributed by atoms with E-state index in [0.29, 0.717) is 11.5 Å². The number of carbonyl (C=O) groups excluding carboxylic acids is 1. The second-order valence-electron chi connectivity index (χ2n) is 4.49. The van der Waals surface area contributed by atoms with Crippen molar-refractivity contribution in [3.05, 3.63) is 60.7 Å². The van der Waals surface area contributed by atoms with Crippen LogP contribution in [0.15, 0.2) is 60.7 Å². The Labute approximate surface area is 134 Å². The average molecular weight is 321 g/mol. The molecule has 4 nitrogen and oxygen atoms in total. The molecule has 0 saturated carbocycles. The predicted molar refractivity (Wildman–Crippen MR) is 84.5 cm³/mol. The molecule has 0 N–H and O–H groups in total. The van der Waals surface area contributed by atoms with Crippen molar-refractivity contribution in [3.8, 4) is 11.5 Å². The van der Waals surface area contributed by atoms with Crippen molar-refractivity contribution in [3.63, 3.8) is 0 Å². The summed E-state index contributed by atoms with van der Waals surface area (Å²) >= 11 is 5.47. The zero-order valence-corrected chi connectivity index (χ0v) is 12.7. The molecule has 2 aromatic rings. The molecular formula is C17H17ClO4. The Morgan fingerprint density at radius 3 is 1.73 bits per heavy atom. The Hall–Kier alpha value is -2.20. The number of ether oxygens (including phenoxy) is 3. The first-order valence-corrected chi connectivity index (χ1v) is 7.42. The van der Waals surface area contributed by atoms with Gasteiger partial charge in [0.15, 0.2) is 6.10 Å². The minimum absolute atomic E-state index is 0.194. The molecule has 0 bridgehead atoms. The second-order valence-corrected chi connectivity index (χ2v) is 4.76. The maximum absolute atomic E-state index is 11.4. The Bertz CT molecular complexity index is 516. The van der Waals surface area contributed by atoms with Crippen LogP contribution in [0.5, 0.6) is 11.5 Å². The van der Waals surface area contributed by atoms with Crippen LogP contribution in [0.25, 0.3) is 0 Å². The van der Waals surface area contributed by atoms with Crippen LogP contribution in [0.4, 0.5) is 0 Å². The van der Waals surface area contributed by atoms with Gasteiger partial charge in [-0.05, 0) is 24.3 Å². The van der Waals surface area contributed by atoms with Gasteiger partial charge in [0.05, 0.1) is 0 Å². The molecule has 0 heterocycles. The summed E-state index contributed by atoms with van der Waals surface area (Å²) in [5, 5.41) is 0. The third kappa shape index (κ3) is 5.66. The van der Waals surface area contributed by atoms with Crippen LogP contribution >= 0.6 is 11.6 Å². The van der Waals surface area contributed by atoms with E-state index in [4.69, 9.17) is 25.8 Å². The van der Waals surface area contributed by atoms with E-state index in [1.54, 1.807) is 0 Å². The Morgan fingerprint density at radius 2 is 1.32 bits per heavy atom. The lowest BCUT2D eigenvalue weighted by atomic mass is 10.3. The Morgan fingerprint density at radius 1 is 0.864 bits per heavy atom. The van der Waals surface area contributed by atoms with E-state index in [0.717, 1.165) is 0 Å². The number of rotatable bonds is 8. The number of halogens is 1. The summed E-state index contributed by atoms with van der Waals surface area (Å²) in [5.41, 5.74) is 0. The minimum atomic E-state index is -0.535. The van der Waals surface area contributed by atoms with Gasteiger partial charge in [-0.15, -0.1) is 11.6 Å². The highest BCUT2D eigenvalue weighted by atomic mass is 35.5. The second kappa shape index (κ2) is 8.95. The normalized spacial score (nSPS) is 10.3. The molecule has 2 rings (SSSR count). The maximum atomic E-state index is 11.4. The summed E-state index contributed by atoms with van der Waals surface area (Å²) in [4.78, 5) is 11.4. The first kappa shape index (κ1) is 16.2. The lowest BCUT2D eigenvalue weighted by molar-refractivity contribution is -0.149. The van der Waals surface area contributed by atoms with Crippen LogP contribution in [0, 0.1) is 0 Å². The number of para-hydroxylation sites is 2. The number of carbonyl (C=O) groups is 1. The molecule has 0 unspecified atom stereocenters. The summed E-state index contributed by atoms with van der Waals surface area (Å²) in [6, 6.07) is 18.6. The van der Waals surface area contributed by atoms with Gasteiger partial charge in [0, 0.05) is 0 Å². The van der Waals surface area contributed by atoms with Gasteiger partial charge in [0.25, 0.3) is 0 Å². The van der Waals surface area contributed by atoms with E-state index < -0.39 is 12.1 Å². The molecule has 2 aromatic carbocycles. The van der Waals surface area contributed by atoms with Gasteiger partial charge in [-0.2, -0.15) is 0 Å². The SMILES string of the molecule is O=C(CCl)OC(COc1ccccc1)COc1ccccc1. The van der Waals surface area contributed by atoms with E-state index in [1.807, 2.05) is 60.7 Å². The maximum Gasteiger partial charge on any atom is 0.321 e. The molecule has 0 amide bonds. The Balaban J connectivity index is 1.89. The highest BCUT2D eigenvalue weighted by Crippen LogP contribution is 2.12. The summed E-state index contributed by atoms with van der Waals surface area (Å²) in [6.45, 7) is 0.388. The van der Waals surface area contributed by atoms with Crippen molar-refractivity contribution >= 4 is 17.6 Å². The third-order valence-electron chi connectivity index (χ3n) is 2.77. The molecule has 0 saturated heterocycles. The van der Waals surface area contributed by atoms with Crippen LogP contribution in [0.1, 0.15) is 0 Å². The van der Waals surface area contributed by atoms with Crippen LogP contribution in [-0.4, -0.2) is 31.2 Å². The van der Waals surface area contributed by atoms with Crippen LogP contribution in [0.3, 0.4) is 0 Å². The van der Waals surface area contributed by atoms with Crippen molar-refractivity contribution in [2.24, 2.45) is 0 Å². The fraction of sp³-hybridized carbons (Fsp3) is 0.235. The summed E-state index contributed by atoms with van der Waals surface area (Å²) in [6.07, 6.45) is -0.535. The molecule has 0 spiro atoms. The first-order valence-electron chi connectivity index (χ1n) is 6.89. The van der Waals surface area contributed by atoms with Crippen LogP contribution in [0.2, 0.25) is 0 Å². The van der Waals surface area contributed by atoms with E-state index in [2.05, 4.69) is 0 Å². The Kier molecular flexibility index (Phi) is 6.58. The largest absolute Gasteiger partial charge is 0.490 e. The molecule has 0 aliphatic rings. The van der Waals surface area contributed by atoms with Crippen LogP contribution in [-0.2, 0) is 9.53 Å². The van der Waals surface area contributed by atoms with Gasteiger partial charge in [0.1, 0.15) is 30.6 Å². The van der Waals surface area contributed by atoms with Gasteiger partial charge < -0.3 is 14.2 Å². The van der Waals surface area contributed by atoms with Gasteiger partial charge in [-0.1, -0.05) is 36.4 Å². The van der Waals surface area contributed by atoms with Gasteiger partial charge in [-0.25, -0.2) is 0 Å². The van der Waals surface area contributed by atoms with Gasteiger partial charge in [-0.3, -0.25) is 4.79 Å². The molecule has 0 aliphatic carbocycles. The number of esters is 1. The van der Waals surface area contributed by atoms with E-state index >= 15 is 0 Å². The zero-order chi connectivity index (χ0) is 15.6. The third-order valence-corrected chi connectivity index (χ3v) is 2.98. The summed E-state index contributed by atoms with van der Waals surface area (Å²) in [7, 11) is 0. The predicted octanol–water partition coefficient (Wildman–Crippen LogP) is 3.30. The molecule has 0 atom stereocenters. The van der Waals surface area contributed by atoms with Crippen molar-refractivity contribution in [2.45, 2.75) is 6.10 Å². The summed E-state index contributed by atoms with van der Waals surface area (Å²) in [5.74, 6) is 0.705. The highest BCUT2D eigenvalue weighted by Gasteiger charge is 2.16. The molecule has 5 heteroatoms. The zero-order valence-electron chi connectivity index (χ0n) is 12.0. The first-order chi connectivity index (χ1) is 10.8. The van der Waals surface area contributed by atoms with E-state index in [9.17, 15) is 4.79 Å². The molecule has 22 heavy (non-hydrogen) atoms. The van der Waals surface area contributed by atoms with Gasteiger partial charge >= 0.3 is 5.97 Å². The molecular weight excluding hydrogens is 304 g/mol. The summed E-state index contributed by atoms with van der Waals surface area (Å²) < 4.78 is 16.4. The lowest BCUT2D eigenvalue weighted by Crippen LogP contribution is -2.31. The fourth-order valence-corrected chi connectivity index (χ4v) is 1.81. The molecule has 0 aliphatic heterocycles. The van der Waals surface area contributed by atoms with Crippen molar-refractivity contribution in [2.75, 3.05) is 19.1 Å². The number of alkyl halides is 1. The topological polar surface area (TPSA) is 44.8 Å². The monoisotopic (exact) mass is 320 g/mol. The van der Waals surface area contributed by atoms with Crippen molar-refractivity contribution in [1.82, 2.24) is 0 Å². The van der Waals surface area contributed by atoms with Crippen LogP contribution < -0.4 is 9.47 Å². The quantitative estimate of drug-likeness (QED) is 0.553. The molecule has 0 fully saturated rings. The number of hydrogen-bond acceptors (Lipinski definition) is 4. The fourth-order valence-electron chi connectivity index (χ4n) is 1.75. The number of hydrogen-bond donors (Lipinski definition) is 0. The minimum Gasteiger partial charge on any atom is -0.490 e. The standard InChI is InChI=1S/C17H17ClO4/c18-11-17(19)22-16(12-20-14-7-3-1-4-8-14)13-21-15-9-5-2-6-10-15/h1-10,16H,11-13H2. The van der Waals surface area contributed by atoms with Crippen molar-refractivity contribution in [1.29, 1.82) is 0 Å².